The first kappa shape index (κ1) is 7.53. The van der Waals surface area contributed by atoms with Crippen molar-refractivity contribution in [3.63, 3.8) is 0 Å². The van der Waals surface area contributed by atoms with Gasteiger partial charge in [-0.15, -0.1) is 0 Å². The number of furan rings is 1. The van der Waals surface area contributed by atoms with E-state index in [2.05, 4.69) is 4.42 Å². The van der Waals surface area contributed by atoms with Crippen LogP contribution in [0, 0.1) is 0 Å². The van der Waals surface area contributed by atoms with Crippen molar-refractivity contribution in [3.05, 3.63) is 24.2 Å². The Hall–Kier alpha value is -1.58. The minimum atomic E-state index is -1.66. The van der Waals surface area contributed by atoms with Crippen molar-refractivity contribution in [2.45, 2.75) is 6.42 Å². The van der Waals surface area contributed by atoms with Crippen LogP contribution in [0.25, 0.3) is 0 Å². The second-order valence-electron chi connectivity index (χ2n) is 2.02. The van der Waals surface area contributed by atoms with Crippen molar-refractivity contribution in [1.82, 2.24) is 0 Å². The minimum Gasteiger partial charge on any atom is -0.542 e. The van der Waals surface area contributed by atoms with Crippen molar-refractivity contribution in [1.29, 1.82) is 0 Å². The van der Waals surface area contributed by atoms with E-state index in [-0.39, 0.29) is 6.42 Å². The Balaban J connectivity index is 2.57. The molecule has 58 valence electrons. The van der Waals surface area contributed by atoms with E-state index in [1.165, 1.54) is 18.6 Å². The van der Waals surface area contributed by atoms with Gasteiger partial charge in [-0.05, 0) is 11.6 Å². The SMILES string of the molecule is O=C([O-])C(=O)Cc1ccoc1. The lowest BCUT2D eigenvalue weighted by Crippen LogP contribution is -2.32. The van der Waals surface area contributed by atoms with Gasteiger partial charge in [0.25, 0.3) is 0 Å². The number of hydrogen-bond acceptors (Lipinski definition) is 4. The predicted molar refractivity (Wildman–Crippen MR) is 32.4 cm³/mol. The number of carboxylic acids is 1. The Bertz CT molecular complexity index is 260. The molecule has 4 heteroatoms. The molecule has 0 saturated carbocycles. The molecule has 0 aromatic carbocycles. The number of ketones is 1. The lowest BCUT2D eigenvalue weighted by atomic mass is 10.2. The van der Waals surface area contributed by atoms with Crippen molar-refractivity contribution in [2.24, 2.45) is 0 Å². The normalized spacial score (nSPS) is 9.45. The third kappa shape index (κ3) is 1.93. The van der Waals surface area contributed by atoms with Gasteiger partial charge in [0.2, 0.25) is 0 Å². The van der Waals surface area contributed by atoms with Crippen LogP contribution in [0.5, 0.6) is 0 Å². The number of rotatable bonds is 3. The van der Waals surface area contributed by atoms with Crippen LogP contribution in [-0.4, -0.2) is 11.8 Å². The average molecular weight is 153 g/mol. The van der Waals surface area contributed by atoms with E-state index in [9.17, 15) is 14.7 Å². The van der Waals surface area contributed by atoms with Crippen LogP contribution in [-0.2, 0) is 16.0 Å². The molecule has 1 aromatic rings. The van der Waals surface area contributed by atoms with Crippen LogP contribution in [0.4, 0.5) is 0 Å². The number of aliphatic carboxylic acids is 1. The number of carboxylic acid groups (broad SMARTS) is 1. The monoisotopic (exact) mass is 153 g/mol. The van der Waals surface area contributed by atoms with Crippen LogP contribution in [0.15, 0.2) is 23.0 Å². The summed E-state index contributed by atoms with van der Waals surface area (Å²) in [5, 5.41) is 9.93. The largest absolute Gasteiger partial charge is 0.542 e. The van der Waals surface area contributed by atoms with Gasteiger partial charge >= 0.3 is 0 Å². The fourth-order valence-corrected chi connectivity index (χ4v) is 0.651. The molecular weight excluding hydrogens is 148 g/mol. The molecule has 0 aliphatic carbocycles. The minimum absolute atomic E-state index is 0.168. The molecule has 1 rings (SSSR count). The highest BCUT2D eigenvalue weighted by Gasteiger charge is 2.04. The predicted octanol–water partition coefficient (Wildman–Crippen LogP) is -0.859. The smallest absolute Gasteiger partial charge is 0.182 e. The van der Waals surface area contributed by atoms with Crippen molar-refractivity contribution >= 4 is 11.8 Å². The van der Waals surface area contributed by atoms with Gasteiger partial charge in [-0.2, -0.15) is 0 Å². The van der Waals surface area contributed by atoms with Gasteiger partial charge in [0.15, 0.2) is 5.78 Å². The van der Waals surface area contributed by atoms with E-state index in [1.54, 1.807) is 0 Å². The van der Waals surface area contributed by atoms with Gasteiger partial charge in [-0.1, -0.05) is 0 Å². The summed E-state index contributed by atoms with van der Waals surface area (Å²) < 4.78 is 4.63. The van der Waals surface area contributed by atoms with Gasteiger partial charge in [0.1, 0.15) is 5.97 Å². The van der Waals surface area contributed by atoms with Crippen LogP contribution < -0.4 is 5.11 Å². The fraction of sp³-hybridized carbons (Fsp3) is 0.143. The molecule has 1 heterocycles. The zero-order valence-electron chi connectivity index (χ0n) is 5.57. The summed E-state index contributed by atoms with van der Waals surface area (Å²) in [7, 11) is 0. The third-order valence-electron chi connectivity index (χ3n) is 1.17. The summed E-state index contributed by atoms with van der Waals surface area (Å²) in [6.07, 6.45) is 2.53. The molecule has 0 fully saturated rings. The summed E-state index contributed by atoms with van der Waals surface area (Å²) in [5.41, 5.74) is 0.541. The molecule has 0 radical (unpaired) electrons. The van der Waals surface area contributed by atoms with E-state index in [0.29, 0.717) is 5.56 Å². The highest BCUT2D eigenvalue weighted by Crippen LogP contribution is 2.00. The Labute approximate surface area is 62.4 Å². The summed E-state index contributed by atoms with van der Waals surface area (Å²) >= 11 is 0. The zero-order chi connectivity index (χ0) is 8.27. The molecule has 4 nitrogen and oxygen atoms in total. The first-order valence-corrected chi connectivity index (χ1v) is 2.95. The Kier molecular flexibility index (Phi) is 2.06. The highest BCUT2D eigenvalue weighted by molar-refractivity contribution is 6.32. The Morgan fingerprint density at radius 3 is 2.73 bits per heavy atom. The standard InChI is InChI=1S/C7H6O4/c8-6(7(9)10)3-5-1-2-11-4-5/h1-2,4H,3H2,(H,9,10)/p-1. The molecule has 1 aromatic heterocycles. The molecule has 0 saturated heterocycles. The molecule has 0 atom stereocenters. The molecule has 0 aliphatic rings. The number of carbonyl (C=O) groups is 2. The number of Topliss-reactive ketones (excluding diaryl/α,β-unsaturated/α-hetero) is 1. The number of carbonyl (C=O) groups excluding carboxylic acids is 2. The summed E-state index contributed by atoms with van der Waals surface area (Å²) in [6, 6.07) is 1.53. The van der Waals surface area contributed by atoms with Crippen LogP contribution in [0.2, 0.25) is 0 Å². The van der Waals surface area contributed by atoms with Crippen molar-refractivity contribution in [3.8, 4) is 0 Å². The average Bonchev–Trinajstić information content (AvgIpc) is 2.39. The van der Waals surface area contributed by atoms with Crippen molar-refractivity contribution in [2.75, 3.05) is 0 Å². The van der Waals surface area contributed by atoms with Gasteiger partial charge < -0.3 is 14.3 Å². The molecular formula is C7H5O4-. The maximum atomic E-state index is 10.5. The van der Waals surface area contributed by atoms with E-state index < -0.39 is 11.8 Å². The number of hydrogen-bond donors (Lipinski definition) is 0. The zero-order valence-corrected chi connectivity index (χ0v) is 5.57. The quantitative estimate of drug-likeness (QED) is 0.530. The van der Waals surface area contributed by atoms with E-state index >= 15 is 0 Å². The Morgan fingerprint density at radius 2 is 2.27 bits per heavy atom. The molecule has 0 spiro atoms. The molecule has 0 aliphatic heterocycles. The molecule has 0 unspecified atom stereocenters. The summed E-state index contributed by atoms with van der Waals surface area (Å²) in [4.78, 5) is 20.4. The maximum absolute atomic E-state index is 10.5. The van der Waals surface area contributed by atoms with Gasteiger partial charge in [-0.3, -0.25) is 4.79 Å². The summed E-state index contributed by atoms with van der Waals surface area (Å²) in [6.45, 7) is 0. The highest BCUT2D eigenvalue weighted by atomic mass is 16.4. The molecule has 0 amide bonds. The van der Waals surface area contributed by atoms with Crippen molar-refractivity contribution < 1.29 is 19.1 Å². The topological polar surface area (TPSA) is 70.3 Å². The van der Waals surface area contributed by atoms with E-state index in [0.717, 1.165) is 0 Å². The van der Waals surface area contributed by atoms with Crippen LogP contribution >= 0.6 is 0 Å². The third-order valence-corrected chi connectivity index (χ3v) is 1.17. The van der Waals surface area contributed by atoms with E-state index in [1.807, 2.05) is 0 Å². The molecule has 0 bridgehead atoms. The second kappa shape index (κ2) is 3.01. The maximum Gasteiger partial charge on any atom is 0.182 e. The van der Waals surface area contributed by atoms with Crippen LogP contribution in [0.1, 0.15) is 5.56 Å². The lowest BCUT2D eigenvalue weighted by Gasteiger charge is -1.96. The molecule has 11 heavy (non-hydrogen) atoms. The molecule has 0 N–H and O–H groups in total. The van der Waals surface area contributed by atoms with Gasteiger partial charge in [-0.25, -0.2) is 0 Å². The van der Waals surface area contributed by atoms with Gasteiger partial charge in [0, 0.05) is 6.42 Å². The first-order chi connectivity index (χ1) is 5.20. The second-order valence-corrected chi connectivity index (χ2v) is 2.02. The van der Waals surface area contributed by atoms with E-state index in [4.69, 9.17) is 0 Å². The van der Waals surface area contributed by atoms with Crippen LogP contribution in [0.3, 0.4) is 0 Å². The lowest BCUT2D eigenvalue weighted by molar-refractivity contribution is -0.299. The fourth-order valence-electron chi connectivity index (χ4n) is 0.651. The summed E-state index contributed by atoms with van der Waals surface area (Å²) in [5.74, 6) is -2.60. The van der Waals surface area contributed by atoms with Gasteiger partial charge in [0.05, 0.1) is 12.5 Å². The first-order valence-electron chi connectivity index (χ1n) is 2.95. The Morgan fingerprint density at radius 1 is 1.55 bits per heavy atom.